The predicted molar refractivity (Wildman–Crippen MR) is 72.6 cm³/mol. The lowest BCUT2D eigenvalue weighted by atomic mass is 10.0. The van der Waals surface area contributed by atoms with Crippen molar-refractivity contribution in [1.82, 2.24) is 10.6 Å². The van der Waals surface area contributed by atoms with Crippen molar-refractivity contribution < 1.29 is 9.47 Å². The van der Waals surface area contributed by atoms with Crippen LogP contribution in [-0.4, -0.2) is 39.9 Å². The van der Waals surface area contributed by atoms with Gasteiger partial charge in [-0.15, -0.1) is 0 Å². The molecule has 0 amide bonds. The minimum Gasteiger partial charge on any atom is -0.496 e. The van der Waals surface area contributed by atoms with Gasteiger partial charge in [0.25, 0.3) is 0 Å². The summed E-state index contributed by atoms with van der Waals surface area (Å²) in [6, 6.07) is 4.59. The van der Waals surface area contributed by atoms with Crippen LogP contribution in [0.2, 0.25) is 0 Å². The van der Waals surface area contributed by atoms with Gasteiger partial charge in [-0.25, -0.2) is 0 Å². The molecule has 1 atom stereocenters. The van der Waals surface area contributed by atoms with Crippen LogP contribution in [0, 0.1) is 6.92 Å². The van der Waals surface area contributed by atoms with Crippen molar-refractivity contribution in [2.75, 3.05) is 33.9 Å². The largest absolute Gasteiger partial charge is 0.496 e. The van der Waals surface area contributed by atoms with Crippen molar-refractivity contribution in [1.29, 1.82) is 0 Å². The third-order valence-electron chi connectivity index (χ3n) is 3.39. The molecule has 18 heavy (non-hydrogen) atoms. The molecule has 1 unspecified atom stereocenters. The minimum absolute atomic E-state index is 0.458. The Labute approximate surface area is 109 Å². The fraction of sp³-hybridized carbons (Fsp3) is 0.571. The van der Waals surface area contributed by atoms with Crippen LogP contribution in [0.3, 0.4) is 0 Å². The number of benzene rings is 1. The van der Waals surface area contributed by atoms with Crippen molar-refractivity contribution in [2.24, 2.45) is 0 Å². The van der Waals surface area contributed by atoms with Crippen molar-refractivity contribution in [3.63, 3.8) is 0 Å². The Balaban J connectivity index is 2.18. The highest BCUT2D eigenvalue weighted by Crippen LogP contribution is 2.29. The summed E-state index contributed by atoms with van der Waals surface area (Å²) in [5.41, 5.74) is 2.30. The molecular weight excluding hydrogens is 228 g/mol. The van der Waals surface area contributed by atoms with Gasteiger partial charge in [-0.05, 0) is 36.6 Å². The molecule has 1 saturated heterocycles. The summed E-state index contributed by atoms with van der Waals surface area (Å²) in [5, 5.41) is 6.91. The lowest BCUT2D eigenvalue weighted by Gasteiger charge is -2.25. The fourth-order valence-corrected chi connectivity index (χ4v) is 2.40. The zero-order chi connectivity index (χ0) is 13.0. The third-order valence-corrected chi connectivity index (χ3v) is 3.39. The second kappa shape index (κ2) is 6.07. The normalized spacial score (nSPS) is 19.6. The molecule has 1 heterocycles. The Morgan fingerprint density at radius 1 is 1.17 bits per heavy atom. The Kier molecular flexibility index (Phi) is 4.44. The maximum atomic E-state index is 5.46. The molecule has 0 saturated carbocycles. The summed E-state index contributed by atoms with van der Waals surface area (Å²) in [6.07, 6.45) is 0.951. The lowest BCUT2D eigenvalue weighted by Crippen LogP contribution is -2.49. The zero-order valence-corrected chi connectivity index (χ0v) is 11.4. The highest BCUT2D eigenvalue weighted by molar-refractivity contribution is 5.46. The van der Waals surface area contributed by atoms with E-state index < -0.39 is 0 Å². The van der Waals surface area contributed by atoms with Crippen LogP contribution < -0.4 is 20.1 Å². The number of aryl methyl sites for hydroxylation is 1. The molecule has 1 aliphatic rings. The van der Waals surface area contributed by atoms with Crippen LogP contribution in [0.15, 0.2) is 12.1 Å². The number of nitrogens with one attached hydrogen (secondary N) is 2. The maximum Gasteiger partial charge on any atom is 0.122 e. The first-order valence-electron chi connectivity index (χ1n) is 6.40. The summed E-state index contributed by atoms with van der Waals surface area (Å²) in [4.78, 5) is 0. The molecule has 1 aromatic rings. The number of hydrogen-bond acceptors (Lipinski definition) is 4. The minimum atomic E-state index is 0.458. The molecule has 4 heteroatoms. The molecule has 4 nitrogen and oxygen atoms in total. The van der Waals surface area contributed by atoms with Gasteiger partial charge in [0.1, 0.15) is 11.5 Å². The van der Waals surface area contributed by atoms with Crippen LogP contribution in [0.4, 0.5) is 0 Å². The smallest absolute Gasteiger partial charge is 0.122 e. The summed E-state index contributed by atoms with van der Waals surface area (Å²) >= 11 is 0. The Morgan fingerprint density at radius 2 is 1.94 bits per heavy atom. The quantitative estimate of drug-likeness (QED) is 0.840. The van der Waals surface area contributed by atoms with E-state index in [9.17, 15) is 0 Å². The number of hydrogen-bond donors (Lipinski definition) is 2. The Bertz CT molecular complexity index is 401. The van der Waals surface area contributed by atoms with Gasteiger partial charge in [-0.1, -0.05) is 0 Å². The average Bonchev–Trinajstić information content (AvgIpc) is 2.41. The van der Waals surface area contributed by atoms with E-state index in [0.29, 0.717) is 6.04 Å². The first kappa shape index (κ1) is 13.2. The molecule has 0 bridgehead atoms. The van der Waals surface area contributed by atoms with Gasteiger partial charge in [-0.2, -0.15) is 0 Å². The van der Waals surface area contributed by atoms with Crippen LogP contribution >= 0.6 is 0 Å². The monoisotopic (exact) mass is 250 g/mol. The van der Waals surface area contributed by atoms with E-state index in [1.807, 2.05) is 13.0 Å². The first-order valence-corrected chi connectivity index (χ1v) is 6.40. The van der Waals surface area contributed by atoms with Gasteiger partial charge in [0.15, 0.2) is 0 Å². The summed E-state index contributed by atoms with van der Waals surface area (Å²) < 4.78 is 10.8. The molecule has 0 aromatic heterocycles. The molecular formula is C14H22N2O2. The number of piperazine rings is 1. The number of ether oxygens (including phenoxy) is 2. The fourth-order valence-electron chi connectivity index (χ4n) is 2.40. The van der Waals surface area contributed by atoms with E-state index in [1.165, 1.54) is 5.56 Å². The first-order chi connectivity index (χ1) is 8.74. The second-order valence-electron chi connectivity index (χ2n) is 4.69. The van der Waals surface area contributed by atoms with Gasteiger partial charge < -0.3 is 20.1 Å². The van der Waals surface area contributed by atoms with E-state index >= 15 is 0 Å². The van der Waals surface area contributed by atoms with Crippen molar-refractivity contribution in [2.45, 2.75) is 19.4 Å². The standard InChI is InChI=1S/C14H22N2O2/c1-10-6-14(18-3)11(8-13(10)17-2)7-12-9-15-4-5-16-12/h6,8,12,15-16H,4-5,7,9H2,1-3H3. The zero-order valence-electron chi connectivity index (χ0n) is 11.4. The van der Waals surface area contributed by atoms with Crippen molar-refractivity contribution in [3.8, 4) is 11.5 Å². The molecule has 0 spiro atoms. The highest BCUT2D eigenvalue weighted by atomic mass is 16.5. The van der Waals surface area contributed by atoms with Crippen LogP contribution in [-0.2, 0) is 6.42 Å². The SMILES string of the molecule is COc1cc(CC2CNCCN2)c(OC)cc1C. The second-order valence-corrected chi connectivity index (χ2v) is 4.69. The molecule has 2 rings (SSSR count). The van der Waals surface area contributed by atoms with E-state index in [4.69, 9.17) is 9.47 Å². The topological polar surface area (TPSA) is 42.5 Å². The molecule has 1 aromatic carbocycles. The third kappa shape index (κ3) is 2.94. The van der Waals surface area contributed by atoms with Crippen LogP contribution in [0.25, 0.3) is 0 Å². The van der Waals surface area contributed by atoms with Gasteiger partial charge >= 0.3 is 0 Å². The van der Waals surface area contributed by atoms with Gasteiger partial charge in [0, 0.05) is 25.7 Å². The van der Waals surface area contributed by atoms with E-state index in [2.05, 4.69) is 16.7 Å². The Hall–Kier alpha value is -1.26. The highest BCUT2D eigenvalue weighted by Gasteiger charge is 2.16. The number of rotatable bonds is 4. The van der Waals surface area contributed by atoms with Crippen LogP contribution in [0.5, 0.6) is 11.5 Å². The van der Waals surface area contributed by atoms with Crippen molar-refractivity contribution >= 4 is 0 Å². The van der Waals surface area contributed by atoms with E-state index in [-0.39, 0.29) is 0 Å². The average molecular weight is 250 g/mol. The molecule has 0 aliphatic carbocycles. The van der Waals surface area contributed by atoms with Gasteiger partial charge in [0.2, 0.25) is 0 Å². The lowest BCUT2D eigenvalue weighted by molar-refractivity contribution is 0.383. The summed E-state index contributed by atoms with van der Waals surface area (Å²) in [6.45, 7) is 5.10. The van der Waals surface area contributed by atoms with Gasteiger partial charge in [0.05, 0.1) is 14.2 Å². The molecule has 2 N–H and O–H groups in total. The summed E-state index contributed by atoms with van der Waals surface area (Å²) in [5.74, 6) is 1.87. The van der Waals surface area contributed by atoms with Gasteiger partial charge in [-0.3, -0.25) is 0 Å². The Morgan fingerprint density at radius 3 is 2.56 bits per heavy atom. The van der Waals surface area contributed by atoms with Crippen LogP contribution in [0.1, 0.15) is 11.1 Å². The molecule has 0 radical (unpaired) electrons. The molecule has 1 aliphatic heterocycles. The maximum absolute atomic E-state index is 5.46. The van der Waals surface area contributed by atoms with E-state index in [0.717, 1.165) is 43.1 Å². The molecule has 1 fully saturated rings. The predicted octanol–water partition coefficient (Wildman–Crippen LogP) is 1.12. The van der Waals surface area contributed by atoms with Crippen molar-refractivity contribution in [3.05, 3.63) is 23.3 Å². The summed E-state index contributed by atoms with van der Waals surface area (Å²) in [7, 11) is 3.43. The molecule has 100 valence electrons. The number of methoxy groups -OCH3 is 2. The van der Waals surface area contributed by atoms with E-state index in [1.54, 1.807) is 14.2 Å².